The number of nitrogens with zero attached hydrogens (tertiary/aromatic N) is 5. The van der Waals surface area contributed by atoms with E-state index in [1.165, 1.54) is 5.56 Å². The van der Waals surface area contributed by atoms with E-state index in [0.717, 1.165) is 75.7 Å². The lowest BCUT2D eigenvalue weighted by Crippen LogP contribution is -2.36. The van der Waals surface area contributed by atoms with Crippen molar-refractivity contribution in [2.45, 2.75) is 45.6 Å². The summed E-state index contributed by atoms with van der Waals surface area (Å²) in [4.78, 5) is 26.2. The second-order valence-electron chi connectivity index (χ2n) is 8.03. The van der Waals surface area contributed by atoms with E-state index in [-0.39, 0.29) is 5.91 Å². The summed E-state index contributed by atoms with van der Waals surface area (Å²) in [6.07, 6.45) is -3.21. The van der Waals surface area contributed by atoms with Crippen molar-refractivity contribution in [2.24, 2.45) is 0 Å². The SMILES string of the molecule is CCc1ccc(C(=O)N2CCCn3nnc(CN4CCOCC4)c3C2)cc1.O=C(O)C(F)(F)F. The second-order valence-corrected chi connectivity index (χ2v) is 8.03. The molecule has 3 heterocycles. The number of carboxylic acid groups (broad SMARTS) is 1. The number of hydrogen-bond acceptors (Lipinski definition) is 6. The standard InChI is InChI=1S/C20H27N5O2.C2HF3O2/c1-2-16-4-6-17(7-5-16)20(26)24-8-3-9-25-19(15-24)18(21-22-25)14-23-10-12-27-13-11-23;3-2(4,5)1(6)7/h4-7H,2-3,8-15H2,1H3;(H,6,7). The highest BCUT2D eigenvalue weighted by Crippen LogP contribution is 2.19. The lowest BCUT2D eigenvalue weighted by molar-refractivity contribution is -0.192. The smallest absolute Gasteiger partial charge is 0.475 e. The molecule has 12 heteroatoms. The fourth-order valence-electron chi connectivity index (χ4n) is 3.73. The van der Waals surface area contributed by atoms with Crippen LogP contribution in [0.2, 0.25) is 0 Å². The number of fused-ring (bicyclic) bond motifs is 1. The topological polar surface area (TPSA) is 101 Å². The molecule has 34 heavy (non-hydrogen) atoms. The van der Waals surface area contributed by atoms with Gasteiger partial charge in [-0.25, -0.2) is 9.48 Å². The Kier molecular flexibility index (Phi) is 8.61. The van der Waals surface area contributed by atoms with Crippen LogP contribution in [0.25, 0.3) is 0 Å². The number of aliphatic carboxylic acids is 1. The number of benzene rings is 1. The zero-order chi connectivity index (χ0) is 24.7. The monoisotopic (exact) mass is 483 g/mol. The van der Waals surface area contributed by atoms with Gasteiger partial charge in [0.2, 0.25) is 0 Å². The van der Waals surface area contributed by atoms with E-state index in [1.54, 1.807) is 0 Å². The average Bonchev–Trinajstić information content (AvgIpc) is 3.06. The number of aryl methyl sites for hydroxylation is 2. The third kappa shape index (κ3) is 6.76. The van der Waals surface area contributed by atoms with E-state index < -0.39 is 12.1 Å². The molecule has 2 aromatic rings. The highest BCUT2D eigenvalue weighted by atomic mass is 19.4. The molecule has 0 spiro atoms. The van der Waals surface area contributed by atoms with Gasteiger partial charge in [-0.3, -0.25) is 9.69 Å². The molecule has 0 radical (unpaired) electrons. The summed E-state index contributed by atoms with van der Waals surface area (Å²) in [6, 6.07) is 7.97. The van der Waals surface area contributed by atoms with Crippen molar-refractivity contribution in [1.29, 1.82) is 0 Å². The first-order valence-corrected chi connectivity index (χ1v) is 11.1. The number of carboxylic acids is 1. The molecular formula is C22H28F3N5O4. The minimum atomic E-state index is -5.08. The minimum Gasteiger partial charge on any atom is -0.475 e. The van der Waals surface area contributed by atoms with Gasteiger partial charge in [0.05, 0.1) is 25.5 Å². The molecular weight excluding hydrogens is 455 g/mol. The molecule has 2 aliphatic rings. The van der Waals surface area contributed by atoms with Crippen molar-refractivity contribution in [2.75, 3.05) is 32.8 Å². The quantitative estimate of drug-likeness (QED) is 0.713. The number of halogens is 3. The van der Waals surface area contributed by atoms with Crippen LogP contribution < -0.4 is 0 Å². The lowest BCUT2D eigenvalue weighted by Gasteiger charge is -2.26. The highest BCUT2D eigenvalue weighted by Gasteiger charge is 2.38. The predicted molar refractivity (Wildman–Crippen MR) is 115 cm³/mol. The van der Waals surface area contributed by atoms with Crippen LogP contribution in [0.5, 0.6) is 0 Å². The Morgan fingerprint density at radius 3 is 2.32 bits per heavy atom. The van der Waals surface area contributed by atoms with Crippen LogP contribution in [0.4, 0.5) is 13.2 Å². The maximum atomic E-state index is 13.0. The number of rotatable bonds is 4. The minimum absolute atomic E-state index is 0.0876. The van der Waals surface area contributed by atoms with Crippen LogP contribution in [0.15, 0.2) is 24.3 Å². The third-order valence-corrected chi connectivity index (χ3v) is 5.67. The predicted octanol–water partition coefficient (Wildman–Crippen LogP) is 2.35. The van der Waals surface area contributed by atoms with Gasteiger partial charge in [-0.1, -0.05) is 24.3 Å². The van der Waals surface area contributed by atoms with E-state index in [2.05, 4.69) is 22.1 Å². The molecule has 2 aliphatic heterocycles. The van der Waals surface area contributed by atoms with Crippen molar-refractivity contribution in [3.63, 3.8) is 0 Å². The van der Waals surface area contributed by atoms with Gasteiger partial charge >= 0.3 is 12.1 Å². The van der Waals surface area contributed by atoms with E-state index in [0.29, 0.717) is 6.54 Å². The Bertz CT molecular complexity index is 972. The molecule has 1 fully saturated rings. The van der Waals surface area contributed by atoms with Gasteiger partial charge in [-0.15, -0.1) is 5.10 Å². The zero-order valence-corrected chi connectivity index (χ0v) is 18.9. The zero-order valence-electron chi connectivity index (χ0n) is 18.9. The fourth-order valence-corrected chi connectivity index (χ4v) is 3.73. The molecule has 0 unspecified atom stereocenters. The van der Waals surface area contributed by atoms with E-state index in [4.69, 9.17) is 14.6 Å². The van der Waals surface area contributed by atoms with Gasteiger partial charge in [0.1, 0.15) is 5.69 Å². The Morgan fingerprint density at radius 2 is 1.74 bits per heavy atom. The van der Waals surface area contributed by atoms with E-state index in [9.17, 15) is 18.0 Å². The summed E-state index contributed by atoms with van der Waals surface area (Å²) < 4.78 is 39.1. The average molecular weight is 483 g/mol. The number of ether oxygens (including phenoxy) is 1. The molecule has 1 aromatic heterocycles. The molecule has 0 bridgehead atoms. The summed E-state index contributed by atoms with van der Waals surface area (Å²) in [6.45, 7) is 8.38. The highest BCUT2D eigenvalue weighted by molar-refractivity contribution is 5.94. The van der Waals surface area contributed by atoms with Gasteiger partial charge in [-0.2, -0.15) is 13.2 Å². The first-order valence-electron chi connectivity index (χ1n) is 11.1. The Balaban J connectivity index is 0.000000406. The molecule has 0 atom stereocenters. The number of carbonyl (C=O) groups is 2. The fraction of sp³-hybridized carbons (Fsp3) is 0.545. The van der Waals surface area contributed by atoms with Crippen molar-refractivity contribution >= 4 is 11.9 Å². The number of amides is 1. The van der Waals surface area contributed by atoms with Crippen molar-refractivity contribution in [3.8, 4) is 0 Å². The van der Waals surface area contributed by atoms with E-state index in [1.807, 2.05) is 33.8 Å². The Morgan fingerprint density at radius 1 is 1.09 bits per heavy atom. The molecule has 0 aliphatic carbocycles. The van der Waals surface area contributed by atoms with Crippen molar-refractivity contribution in [1.82, 2.24) is 24.8 Å². The third-order valence-electron chi connectivity index (χ3n) is 5.67. The lowest BCUT2D eigenvalue weighted by atomic mass is 10.1. The van der Waals surface area contributed by atoms with Gasteiger partial charge in [0.25, 0.3) is 5.91 Å². The molecule has 4 rings (SSSR count). The largest absolute Gasteiger partial charge is 0.490 e. The first kappa shape index (κ1) is 25.6. The molecule has 1 saturated heterocycles. The normalized spacial score (nSPS) is 16.8. The summed E-state index contributed by atoms with van der Waals surface area (Å²) in [5.74, 6) is -2.67. The van der Waals surface area contributed by atoms with Gasteiger partial charge in [-0.05, 0) is 30.5 Å². The van der Waals surface area contributed by atoms with Crippen LogP contribution in [-0.4, -0.2) is 80.8 Å². The summed E-state index contributed by atoms with van der Waals surface area (Å²) >= 11 is 0. The van der Waals surface area contributed by atoms with Crippen LogP contribution >= 0.6 is 0 Å². The number of aromatic nitrogens is 3. The molecule has 186 valence electrons. The molecule has 1 amide bonds. The van der Waals surface area contributed by atoms with Crippen molar-refractivity contribution in [3.05, 3.63) is 46.8 Å². The summed E-state index contributed by atoms with van der Waals surface area (Å²) in [5.41, 5.74) is 4.05. The maximum absolute atomic E-state index is 13.0. The van der Waals surface area contributed by atoms with Crippen LogP contribution in [0.1, 0.15) is 40.7 Å². The molecule has 1 N–H and O–H groups in total. The van der Waals surface area contributed by atoms with Gasteiger partial charge in [0.15, 0.2) is 0 Å². The Hall–Kier alpha value is -2.99. The number of morpholine rings is 1. The number of hydrogen-bond donors (Lipinski definition) is 1. The van der Waals surface area contributed by atoms with E-state index >= 15 is 0 Å². The number of alkyl halides is 3. The van der Waals surface area contributed by atoms with Crippen molar-refractivity contribution < 1.29 is 32.6 Å². The van der Waals surface area contributed by atoms with Crippen LogP contribution in [0, 0.1) is 0 Å². The Labute approximate surface area is 195 Å². The molecule has 1 aromatic carbocycles. The molecule has 0 saturated carbocycles. The maximum Gasteiger partial charge on any atom is 0.490 e. The second kappa shape index (κ2) is 11.4. The van der Waals surface area contributed by atoms with Gasteiger partial charge < -0.3 is 14.7 Å². The summed E-state index contributed by atoms with van der Waals surface area (Å²) in [7, 11) is 0. The van der Waals surface area contributed by atoms with Crippen LogP contribution in [-0.2, 0) is 35.6 Å². The first-order chi connectivity index (χ1) is 16.2. The summed E-state index contributed by atoms with van der Waals surface area (Å²) in [5, 5.41) is 15.9. The van der Waals surface area contributed by atoms with Gasteiger partial charge in [0, 0.05) is 38.3 Å². The molecule has 9 nitrogen and oxygen atoms in total. The van der Waals surface area contributed by atoms with Crippen LogP contribution in [0.3, 0.4) is 0 Å². The number of carbonyl (C=O) groups excluding carboxylic acids is 1.